The molecule has 3 aromatic rings. The van der Waals surface area contributed by atoms with Crippen LogP contribution in [0, 0.1) is 30.0 Å². The van der Waals surface area contributed by atoms with Crippen LogP contribution in [0.5, 0.6) is 5.75 Å². The minimum atomic E-state index is -0.828. The van der Waals surface area contributed by atoms with Crippen LogP contribution in [0.15, 0.2) is 48.7 Å². The normalized spacial score (nSPS) is 10.4. The molecule has 0 radical (unpaired) electrons. The third kappa shape index (κ3) is 2.83. The number of nitriles is 1. The van der Waals surface area contributed by atoms with Crippen molar-refractivity contribution in [3.63, 3.8) is 0 Å². The summed E-state index contributed by atoms with van der Waals surface area (Å²) < 4.78 is 34.8. The Hall–Kier alpha value is -3.26. The zero-order valence-corrected chi connectivity index (χ0v) is 13.7. The summed E-state index contributed by atoms with van der Waals surface area (Å²) >= 11 is 0. The molecule has 3 rings (SSSR count). The average Bonchev–Trinajstić information content (AvgIpc) is 2.63. The van der Waals surface area contributed by atoms with Crippen LogP contribution in [-0.4, -0.2) is 12.1 Å². The number of hydrogen-bond donors (Lipinski definition) is 0. The molecule has 0 saturated carbocycles. The number of halogens is 2. The van der Waals surface area contributed by atoms with Crippen LogP contribution in [0.4, 0.5) is 8.78 Å². The van der Waals surface area contributed by atoms with E-state index in [4.69, 9.17) is 4.74 Å². The van der Waals surface area contributed by atoms with Gasteiger partial charge in [-0.2, -0.15) is 9.65 Å². The molecule has 0 saturated heterocycles. The standard InChI is InChI=1S/C20H14F2N2O/c1-12-6-3-4-7-14(12)16-10-13(11-23)19(25-2)17(18(16)21)15-8-5-9-24-20(15)22/h3-10H,1-2H3. The maximum Gasteiger partial charge on any atom is 0.220 e. The van der Waals surface area contributed by atoms with Gasteiger partial charge in [-0.1, -0.05) is 24.3 Å². The second kappa shape index (κ2) is 6.70. The molecule has 3 nitrogen and oxygen atoms in total. The van der Waals surface area contributed by atoms with E-state index in [2.05, 4.69) is 4.98 Å². The van der Waals surface area contributed by atoms with Crippen molar-refractivity contribution in [2.24, 2.45) is 0 Å². The van der Waals surface area contributed by atoms with Crippen LogP contribution in [-0.2, 0) is 0 Å². The fourth-order valence-corrected chi connectivity index (χ4v) is 2.82. The first-order chi connectivity index (χ1) is 12.1. The number of aromatic nitrogens is 1. The van der Waals surface area contributed by atoms with Crippen LogP contribution < -0.4 is 4.74 Å². The minimum absolute atomic E-state index is 0.00997. The molecule has 0 amide bonds. The zero-order valence-electron chi connectivity index (χ0n) is 13.7. The van der Waals surface area contributed by atoms with Gasteiger partial charge in [-0.3, -0.25) is 0 Å². The lowest BCUT2D eigenvalue weighted by Gasteiger charge is -2.16. The highest BCUT2D eigenvalue weighted by atomic mass is 19.1. The number of methoxy groups -OCH3 is 1. The van der Waals surface area contributed by atoms with E-state index in [0.29, 0.717) is 5.56 Å². The van der Waals surface area contributed by atoms with Crippen LogP contribution >= 0.6 is 0 Å². The Morgan fingerprint density at radius 3 is 2.40 bits per heavy atom. The first kappa shape index (κ1) is 16.6. The lowest BCUT2D eigenvalue weighted by molar-refractivity contribution is 0.411. The molecule has 0 spiro atoms. The van der Waals surface area contributed by atoms with Gasteiger partial charge in [0, 0.05) is 17.3 Å². The monoisotopic (exact) mass is 336 g/mol. The smallest absolute Gasteiger partial charge is 0.220 e. The Balaban J connectivity index is 2.42. The second-order valence-corrected chi connectivity index (χ2v) is 5.46. The highest BCUT2D eigenvalue weighted by molar-refractivity contribution is 5.82. The summed E-state index contributed by atoms with van der Waals surface area (Å²) in [5.74, 6) is -1.49. The highest BCUT2D eigenvalue weighted by Gasteiger charge is 2.24. The lowest BCUT2D eigenvalue weighted by atomic mass is 9.92. The van der Waals surface area contributed by atoms with Gasteiger partial charge in [0.1, 0.15) is 17.6 Å². The fourth-order valence-electron chi connectivity index (χ4n) is 2.82. The minimum Gasteiger partial charge on any atom is -0.495 e. The third-order valence-corrected chi connectivity index (χ3v) is 4.00. The Morgan fingerprint density at radius 1 is 1.04 bits per heavy atom. The van der Waals surface area contributed by atoms with E-state index in [1.165, 1.54) is 31.5 Å². The van der Waals surface area contributed by atoms with Crippen molar-refractivity contribution in [3.05, 3.63) is 71.6 Å². The molecule has 5 heteroatoms. The summed E-state index contributed by atoms with van der Waals surface area (Å²) in [4.78, 5) is 3.58. The molecule has 0 aliphatic heterocycles. The Labute approximate surface area is 144 Å². The van der Waals surface area contributed by atoms with Crippen molar-refractivity contribution in [3.8, 4) is 34.1 Å². The van der Waals surface area contributed by atoms with Crippen LogP contribution in [0.25, 0.3) is 22.3 Å². The predicted octanol–water partition coefficient (Wildman–Crippen LogP) is 4.88. The molecule has 0 aliphatic carbocycles. The van der Waals surface area contributed by atoms with Gasteiger partial charge in [-0.15, -0.1) is 0 Å². The molecule has 0 unspecified atom stereocenters. The molecule has 0 atom stereocenters. The topological polar surface area (TPSA) is 45.9 Å². The molecule has 124 valence electrons. The first-order valence-corrected chi connectivity index (χ1v) is 7.56. The van der Waals surface area contributed by atoms with Gasteiger partial charge >= 0.3 is 0 Å². The maximum absolute atomic E-state index is 15.4. The molecule has 0 fully saturated rings. The van der Waals surface area contributed by atoms with Crippen molar-refractivity contribution >= 4 is 0 Å². The van der Waals surface area contributed by atoms with Crippen LogP contribution in [0.2, 0.25) is 0 Å². The van der Waals surface area contributed by atoms with E-state index < -0.39 is 11.8 Å². The predicted molar refractivity (Wildman–Crippen MR) is 91.0 cm³/mol. The fraction of sp³-hybridized carbons (Fsp3) is 0.100. The Kier molecular flexibility index (Phi) is 4.44. The maximum atomic E-state index is 15.4. The third-order valence-electron chi connectivity index (χ3n) is 4.00. The molecule has 0 aliphatic rings. The number of nitrogens with zero attached hydrogens (tertiary/aromatic N) is 2. The number of aryl methyl sites for hydroxylation is 1. The number of benzene rings is 2. The van der Waals surface area contributed by atoms with E-state index >= 15 is 4.39 Å². The van der Waals surface area contributed by atoms with E-state index in [0.717, 1.165) is 5.56 Å². The van der Waals surface area contributed by atoms with Crippen molar-refractivity contribution < 1.29 is 13.5 Å². The largest absolute Gasteiger partial charge is 0.495 e. The molecule has 1 aromatic heterocycles. The van der Waals surface area contributed by atoms with Gasteiger partial charge in [-0.05, 0) is 36.2 Å². The van der Waals surface area contributed by atoms with Crippen molar-refractivity contribution in [2.45, 2.75) is 6.92 Å². The molecule has 2 aromatic carbocycles. The van der Waals surface area contributed by atoms with E-state index in [1.54, 1.807) is 12.1 Å². The molecule has 0 N–H and O–H groups in total. The van der Waals surface area contributed by atoms with E-state index in [-0.39, 0.29) is 28.0 Å². The Bertz CT molecular complexity index is 993. The van der Waals surface area contributed by atoms with Crippen molar-refractivity contribution in [2.75, 3.05) is 7.11 Å². The van der Waals surface area contributed by atoms with Crippen molar-refractivity contribution in [1.82, 2.24) is 4.98 Å². The van der Waals surface area contributed by atoms with Crippen LogP contribution in [0.1, 0.15) is 11.1 Å². The average molecular weight is 336 g/mol. The summed E-state index contributed by atoms with van der Waals surface area (Å²) in [5.41, 5.74) is 1.65. The number of hydrogen-bond acceptors (Lipinski definition) is 3. The Morgan fingerprint density at radius 2 is 1.76 bits per heavy atom. The van der Waals surface area contributed by atoms with Gasteiger partial charge in [0.25, 0.3) is 0 Å². The van der Waals surface area contributed by atoms with Crippen molar-refractivity contribution in [1.29, 1.82) is 5.26 Å². The molecule has 25 heavy (non-hydrogen) atoms. The highest BCUT2D eigenvalue weighted by Crippen LogP contribution is 2.41. The SMILES string of the molecule is COc1c(C#N)cc(-c2ccccc2C)c(F)c1-c1cccnc1F. The summed E-state index contributed by atoms with van der Waals surface area (Å²) in [6.07, 6.45) is 1.28. The summed E-state index contributed by atoms with van der Waals surface area (Å²) in [7, 11) is 1.32. The summed E-state index contributed by atoms with van der Waals surface area (Å²) in [6, 6.07) is 13.6. The zero-order chi connectivity index (χ0) is 18.0. The second-order valence-electron chi connectivity index (χ2n) is 5.46. The van der Waals surface area contributed by atoms with Gasteiger partial charge in [0.15, 0.2) is 0 Å². The lowest BCUT2D eigenvalue weighted by Crippen LogP contribution is -2.01. The van der Waals surface area contributed by atoms with Gasteiger partial charge in [0.2, 0.25) is 5.95 Å². The van der Waals surface area contributed by atoms with Gasteiger partial charge in [0.05, 0.1) is 18.2 Å². The van der Waals surface area contributed by atoms with Crippen LogP contribution in [0.3, 0.4) is 0 Å². The first-order valence-electron chi connectivity index (χ1n) is 7.56. The molecule has 0 bridgehead atoms. The number of rotatable bonds is 3. The molecular weight excluding hydrogens is 322 g/mol. The van der Waals surface area contributed by atoms with E-state index in [9.17, 15) is 9.65 Å². The summed E-state index contributed by atoms with van der Waals surface area (Å²) in [5, 5.41) is 9.46. The summed E-state index contributed by atoms with van der Waals surface area (Å²) in [6.45, 7) is 1.84. The number of ether oxygens (including phenoxy) is 1. The van der Waals surface area contributed by atoms with E-state index in [1.807, 2.05) is 25.1 Å². The molecule has 1 heterocycles. The quantitative estimate of drug-likeness (QED) is 0.640. The number of pyridine rings is 1. The van der Waals surface area contributed by atoms with Gasteiger partial charge < -0.3 is 4.74 Å². The molecular formula is C20H14F2N2O. The van der Waals surface area contributed by atoms with Gasteiger partial charge in [-0.25, -0.2) is 9.37 Å².